The molecule has 8 heteroatoms. The van der Waals surface area contributed by atoms with Gasteiger partial charge in [-0.2, -0.15) is 0 Å². The quantitative estimate of drug-likeness (QED) is 0.506. The summed E-state index contributed by atoms with van der Waals surface area (Å²) in [6.45, 7) is 0. The number of halogens is 3. The molecule has 0 bridgehead atoms. The van der Waals surface area contributed by atoms with E-state index in [2.05, 4.69) is 10.3 Å². The van der Waals surface area contributed by atoms with Crippen LogP contribution in [0.2, 0.25) is 15.2 Å². The van der Waals surface area contributed by atoms with Crippen molar-refractivity contribution >= 4 is 52.0 Å². The second-order valence-electron chi connectivity index (χ2n) is 3.51. The van der Waals surface area contributed by atoms with Gasteiger partial charge in [0.25, 0.3) is 0 Å². The molecule has 0 fully saturated rings. The smallest absolute Gasteiger partial charge is 0.311 e. The predicted octanol–water partition coefficient (Wildman–Crippen LogP) is 4.69. The summed E-state index contributed by atoms with van der Waals surface area (Å²) >= 11 is 17.4. The highest BCUT2D eigenvalue weighted by molar-refractivity contribution is 6.42. The molecule has 2 rings (SSSR count). The fourth-order valence-corrected chi connectivity index (χ4v) is 1.82. The predicted molar refractivity (Wildman–Crippen MR) is 75.6 cm³/mol. The zero-order valence-electron chi connectivity index (χ0n) is 9.23. The number of benzene rings is 1. The van der Waals surface area contributed by atoms with Gasteiger partial charge in [0, 0.05) is 11.8 Å². The summed E-state index contributed by atoms with van der Waals surface area (Å²) in [5, 5.41) is 14.5. The fourth-order valence-electron chi connectivity index (χ4n) is 1.38. The van der Waals surface area contributed by atoms with E-state index in [0.29, 0.717) is 15.7 Å². The number of hydrogen-bond donors (Lipinski definition) is 1. The summed E-state index contributed by atoms with van der Waals surface area (Å²) in [6, 6.07) is 7.36. The molecule has 0 saturated heterocycles. The van der Waals surface area contributed by atoms with Crippen LogP contribution < -0.4 is 5.32 Å². The number of nitrogens with one attached hydrogen (secondary N) is 1. The molecule has 0 atom stereocenters. The number of hydrogen-bond acceptors (Lipinski definition) is 4. The van der Waals surface area contributed by atoms with Crippen molar-refractivity contribution in [2.75, 3.05) is 5.32 Å². The van der Waals surface area contributed by atoms with Crippen LogP contribution in [0.5, 0.6) is 0 Å². The van der Waals surface area contributed by atoms with Crippen LogP contribution in [0.1, 0.15) is 0 Å². The lowest BCUT2D eigenvalue weighted by Gasteiger charge is -2.07. The van der Waals surface area contributed by atoms with Crippen molar-refractivity contribution in [3.05, 3.63) is 55.6 Å². The van der Waals surface area contributed by atoms with E-state index >= 15 is 0 Å². The van der Waals surface area contributed by atoms with E-state index in [1.165, 1.54) is 18.2 Å². The lowest BCUT2D eigenvalue weighted by molar-refractivity contribution is -0.384. The molecule has 1 aromatic heterocycles. The molecule has 5 nitrogen and oxygen atoms in total. The van der Waals surface area contributed by atoms with Crippen LogP contribution in [-0.2, 0) is 0 Å². The number of aromatic nitrogens is 1. The standard InChI is InChI=1S/C11H6Cl3N3O2/c12-7-2-1-6(5-8(7)13)15-11-9(17(18)19)3-4-10(14)16-11/h1-5H,(H,15,16). The lowest BCUT2D eigenvalue weighted by atomic mass is 10.3. The first-order valence-corrected chi connectivity index (χ1v) is 6.14. The molecule has 98 valence electrons. The molecule has 0 aliphatic rings. The van der Waals surface area contributed by atoms with E-state index < -0.39 is 4.92 Å². The molecule has 0 aliphatic heterocycles. The second kappa shape index (κ2) is 5.61. The van der Waals surface area contributed by atoms with Gasteiger partial charge in [0.15, 0.2) is 0 Å². The van der Waals surface area contributed by atoms with Gasteiger partial charge in [0.05, 0.1) is 15.0 Å². The normalized spacial score (nSPS) is 10.3. The summed E-state index contributed by atoms with van der Waals surface area (Å²) in [7, 11) is 0. The van der Waals surface area contributed by atoms with Crippen molar-refractivity contribution in [1.29, 1.82) is 0 Å². The maximum absolute atomic E-state index is 10.9. The SMILES string of the molecule is O=[N+]([O-])c1ccc(Cl)nc1Nc1ccc(Cl)c(Cl)c1. The van der Waals surface area contributed by atoms with Gasteiger partial charge < -0.3 is 5.32 Å². The van der Waals surface area contributed by atoms with Crippen molar-refractivity contribution in [1.82, 2.24) is 4.98 Å². The third kappa shape index (κ3) is 3.26. The van der Waals surface area contributed by atoms with Crippen LogP contribution in [0.3, 0.4) is 0 Å². The Bertz CT molecular complexity index is 649. The summed E-state index contributed by atoms with van der Waals surface area (Å²) < 4.78 is 0. The van der Waals surface area contributed by atoms with Crippen LogP contribution in [-0.4, -0.2) is 9.91 Å². The average molecular weight is 319 g/mol. The largest absolute Gasteiger partial charge is 0.334 e. The minimum atomic E-state index is -0.552. The third-order valence-corrected chi connectivity index (χ3v) is 3.17. The summed E-state index contributed by atoms with van der Waals surface area (Å²) in [4.78, 5) is 14.2. The minimum absolute atomic E-state index is 0.0379. The van der Waals surface area contributed by atoms with Gasteiger partial charge in [0.2, 0.25) is 5.82 Å². The average Bonchev–Trinajstić information content (AvgIpc) is 2.33. The van der Waals surface area contributed by atoms with Crippen LogP contribution in [0.25, 0.3) is 0 Å². The Kier molecular flexibility index (Phi) is 4.09. The molecule has 1 aromatic carbocycles. The molecule has 0 aliphatic carbocycles. The van der Waals surface area contributed by atoms with Crippen LogP contribution in [0.15, 0.2) is 30.3 Å². The van der Waals surface area contributed by atoms with Crippen LogP contribution in [0, 0.1) is 10.1 Å². The van der Waals surface area contributed by atoms with Gasteiger partial charge in [-0.25, -0.2) is 4.98 Å². The van der Waals surface area contributed by atoms with E-state index in [4.69, 9.17) is 34.8 Å². The Hall–Kier alpha value is -1.56. The zero-order valence-corrected chi connectivity index (χ0v) is 11.5. The zero-order chi connectivity index (χ0) is 14.0. The van der Waals surface area contributed by atoms with Gasteiger partial charge >= 0.3 is 5.69 Å². The minimum Gasteiger partial charge on any atom is -0.334 e. The topological polar surface area (TPSA) is 68.1 Å². The van der Waals surface area contributed by atoms with Crippen molar-refractivity contribution in [2.24, 2.45) is 0 Å². The molecule has 0 radical (unpaired) electrons. The monoisotopic (exact) mass is 317 g/mol. The third-order valence-electron chi connectivity index (χ3n) is 2.22. The van der Waals surface area contributed by atoms with Crippen molar-refractivity contribution in [2.45, 2.75) is 0 Å². The number of anilines is 2. The Balaban J connectivity index is 2.39. The van der Waals surface area contributed by atoms with E-state index in [1.807, 2.05) is 0 Å². The Morgan fingerprint density at radius 2 is 1.84 bits per heavy atom. The highest BCUT2D eigenvalue weighted by atomic mass is 35.5. The molecular formula is C11H6Cl3N3O2. The summed E-state index contributed by atoms with van der Waals surface area (Å²) in [5.41, 5.74) is 0.336. The molecule has 19 heavy (non-hydrogen) atoms. The molecule has 2 aromatic rings. The maximum Gasteiger partial charge on any atom is 0.311 e. The first kappa shape index (κ1) is 13.9. The Morgan fingerprint density at radius 3 is 2.47 bits per heavy atom. The molecule has 1 heterocycles. The van der Waals surface area contributed by atoms with E-state index in [0.717, 1.165) is 0 Å². The van der Waals surface area contributed by atoms with Gasteiger partial charge in [-0.3, -0.25) is 10.1 Å². The first-order chi connectivity index (χ1) is 8.97. The molecule has 0 saturated carbocycles. The van der Waals surface area contributed by atoms with Crippen molar-refractivity contribution < 1.29 is 4.92 Å². The van der Waals surface area contributed by atoms with E-state index in [-0.39, 0.29) is 16.7 Å². The molecule has 0 amide bonds. The lowest BCUT2D eigenvalue weighted by Crippen LogP contribution is -1.99. The van der Waals surface area contributed by atoms with Gasteiger partial charge in [-0.1, -0.05) is 34.8 Å². The highest BCUT2D eigenvalue weighted by Gasteiger charge is 2.16. The van der Waals surface area contributed by atoms with Crippen LogP contribution >= 0.6 is 34.8 Å². The van der Waals surface area contributed by atoms with Gasteiger partial charge in [0.1, 0.15) is 5.15 Å². The molecule has 0 unspecified atom stereocenters. The van der Waals surface area contributed by atoms with E-state index in [1.54, 1.807) is 12.1 Å². The van der Waals surface area contributed by atoms with Crippen molar-refractivity contribution in [3.63, 3.8) is 0 Å². The second-order valence-corrected chi connectivity index (χ2v) is 4.71. The van der Waals surface area contributed by atoms with Crippen LogP contribution in [0.4, 0.5) is 17.2 Å². The number of rotatable bonds is 3. The molecule has 0 spiro atoms. The summed E-state index contributed by atoms with van der Waals surface area (Å²) in [6.07, 6.45) is 0. The highest BCUT2D eigenvalue weighted by Crippen LogP contribution is 2.30. The Morgan fingerprint density at radius 1 is 1.11 bits per heavy atom. The number of nitro groups is 1. The Labute approximate surface area is 123 Å². The molecule has 1 N–H and O–H groups in total. The maximum atomic E-state index is 10.9. The summed E-state index contributed by atoms with van der Waals surface area (Å²) in [5.74, 6) is 0.0379. The van der Waals surface area contributed by atoms with Crippen molar-refractivity contribution in [3.8, 4) is 0 Å². The van der Waals surface area contributed by atoms with E-state index in [9.17, 15) is 10.1 Å². The number of nitrogens with zero attached hydrogens (tertiary/aromatic N) is 2. The van der Waals surface area contributed by atoms with Gasteiger partial charge in [-0.15, -0.1) is 0 Å². The number of pyridine rings is 1. The fraction of sp³-hybridized carbons (Fsp3) is 0. The van der Waals surface area contributed by atoms with Gasteiger partial charge in [-0.05, 0) is 24.3 Å². The molecular weight excluding hydrogens is 312 g/mol. The first-order valence-electron chi connectivity index (χ1n) is 5.00.